The summed E-state index contributed by atoms with van der Waals surface area (Å²) in [6.07, 6.45) is 3.79. The molecule has 16 heavy (non-hydrogen) atoms. The van der Waals surface area contributed by atoms with E-state index in [1.54, 1.807) is 12.3 Å². The van der Waals surface area contributed by atoms with Crippen LogP contribution < -0.4 is 0 Å². The molecule has 0 radical (unpaired) electrons. The van der Waals surface area contributed by atoms with E-state index in [0.717, 1.165) is 11.0 Å². The van der Waals surface area contributed by atoms with Gasteiger partial charge in [-0.2, -0.15) is 0 Å². The molecule has 0 spiro atoms. The Labute approximate surface area is 91.7 Å². The minimum absolute atomic E-state index is 0.00144. The standard InChI is InChI=1S/C12H9N3O/c16-10-6-3-7-13-11(10)12-14-8-4-1-2-5-9(8)15-12/h1-5,7H,6H2,(H,14,15). The monoisotopic (exact) mass is 211 g/mol. The average molecular weight is 211 g/mol. The molecule has 0 atom stereocenters. The lowest BCUT2D eigenvalue weighted by Crippen LogP contribution is -2.17. The number of ketones is 1. The van der Waals surface area contributed by atoms with Crippen molar-refractivity contribution in [3.05, 3.63) is 42.4 Å². The molecule has 2 aromatic rings. The number of aromatic nitrogens is 2. The van der Waals surface area contributed by atoms with Crippen molar-refractivity contribution >= 4 is 22.5 Å². The van der Waals surface area contributed by atoms with Gasteiger partial charge in [0.1, 0.15) is 5.71 Å². The second-order valence-electron chi connectivity index (χ2n) is 3.59. The number of benzene rings is 1. The fourth-order valence-electron chi connectivity index (χ4n) is 1.71. The van der Waals surface area contributed by atoms with Crippen LogP contribution in [0.15, 0.2) is 41.5 Å². The number of nitrogens with zero attached hydrogens (tertiary/aromatic N) is 2. The highest BCUT2D eigenvalue weighted by Crippen LogP contribution is 2.13. The van der Waals surface area contributed by atoms with Crippen molar-refractivity contribution in [2.24, 2.45) is 4.99 Å². The minimum Gasteiger partial charge on any atom is -0.337 e. The fraction of sp³-hybridized carbons (Fsp3) is 0.0833. The number of carbonyl (C=O) groups excluding carboxylic acids is 1. The first-order chi connectivity index (χ1) is 7.84. The number of carbonyl (C=O) groups is 1. The number of aromatic amines is 1. The van der Waals surface area contributed by atoms with E-state index in [1.807, 2.05) is 24.3 Å². The highest BCUT2D eigenvalue weighted by Gasteiger charge is 2.17. The number of allylic oxidation sites excluding steroid dienone is 1. The van der Waals surface area contributed by atoms with E-state index in [1.165, 1.54) is 0 Å². The molecule has 0 fully saturated rings. The molecule has 4 nitrogen and oxygen atoms in total. The molecule has 4 heteroatoms. The maximum Gasteiger partial charge on any atom is 0.188 e. The Bertz CT molecular complexity index is 589. The topological polar surface area (TPSA) is 58.1 Å². The molecular formula is C12H9N3O. The van der Waals surface area contributed by atoms with Gasteiger partial charge in [0.05, 0.1) is 11.0 Å². The zero-order valence-corrected chi connectivity index (χ0v) is 8.47. The smallest absolute Gasteiger partial charge is 0.188 e. The van der Waals surface area contributed by atoms with E-state index in [-0.39, 0.29) is 5.78 Å². The fourth-order valence-corrected chi connectivity index (χ4v) is 1.71. The molecule has 3 rings (SSSR count). The predicted molar refractivity (Wildman–Crippen MR) is 61.4 cm³/mol. The van der Waals surface area contributed by atoms with Crippen LogP contribution >= 0.6 is 0 Å². The summed E-state index contributed by atoms with van der Waals surface area (Å²) in [7, 11) is 0. The Morgan fingerprint density at radius 3 is 2.94 bits per heavy atom. The SMILES string of the molecule is O=C1CC=CN=C1c1nc2ccccc2[nH]1. The van der Waals surface area contributed by atoms with E-state index >= 15 is 0 Å². The number of aliphatic imine (C=N–C) groups is 1. The number of hydrogen-bond acceptors (Lipinski definition) is 3. The zero-order chi connectivity index (χ0) is 11.0. The van der Waals surface area contributed by atoms with Crippen LogP contribution in [0, 0.1) is 0 Å². The van der Waals surface area contributed by atoms with Crippen molar-refractivity contribution in [2.75, 3.05) is 0 Å². The molecule has 1 N–H and O–H groups in total. The largest absolute Gasteiger partial charge is 0.337 e. The number of Topliss-reactive ketones (excluding diaryl/α,β-unsaturated/α-hetero) is 1. The quantitative estimate of drug-likeness (QED) is 0.782. The van der Waals surface area contributed by atoms with Crippen LogP contribution in [0.4, 0.5) is 0 Å². The van der Waals surface area contributed by atoms with Gasteiger partial charge in [0, 0.05) is 12.6 Å². The Kier molecular flexibility index (Phi) is 1.93. The third-order valence-corrected chi connectivity index (χ3v) is 2.49. The molecule has 1 aromatic carbocycles. The molecule has 0 saturated carbocycles. The minimum atomic E-state index is 0.00144. The Morgan fingerprint density at radius 1 is 1.25 bits per heavy atom. The van der Waals surface area contributed by atoms with Crippen molar-refractivity contribution < 1.29 is 4.79 Å². The van der Waals surface area contributed by atoms with Crippen molar-refractivity contribution in [3.63, 3.8) is 0 Å². The summed E-state index contributed by atoms with van der Waals surface area (Å²) in [4.78, 5) is 23.1. The molecule has 0 aliphatic carbocycles. The van der Waals surface area contributed by atoms with Gasteiger partial charge in [-0.25, -0.2) is 9.98 Å². The van der Waals surface area contributed by atoms with Gasteiger partial charge < -0.3 is 4.98 Å². The maximum absolute atomic E-state index is 11.6. The van der Waals surface area contributed by atoms with Crippen LogP contribution in [-0.2, 0) is 4.79 Å². The summed E-state index contributed by atoms with van der Waals surface area (Å²) in [6.45, 7) is 0. The summed E-state index contributed by atoms with van der Waals surface area (Å²) in [5, 5.41) is 0. The Balaban J connectivity index is 2.15. The van der Waals surface area contributed by atoms with Gasteiger partial charge in [-0.15, -0.1) is 0 Å². The van der Waals surface area contributed by atoms with Crippen LogP contribution in [0.5, 0.6) is 0 Å². The summed E-state index contributed by atoms with van der Waals surface area (Å²) >= 11 is 0. The van der Waals surface area contributed by atoms with Crippen LogP contribution in [0.2, 0.25) is 0 Å². The van der Waals surface area contributed by atoms with E-state index in [0.29, 0.717) is 18.0 Å². The van der Waals surface area contributed by atoms with Gasteiger partial charge >= 0.3 is 0 Å². The van der Waals surface area contributed by atoms with Crippen molar-refractivity contribution in [1.82, 2.24) is 9.97 Å². The Morgan fingerprint density at radius 2 is 2.12 bits per heavy atom. The third-order valence-electron chi connectivity index (χ3n) is 2.49. The molecule has 2 heterocycles. The van der Waals surface area contributed by atoms with Gasteiger partial charge in [0.25, 0.3) is 0 Å². The van der Waals surface area contributed by atoms with Gasteiger partial charge in [-0.05, 0) is 12.1 Å². The molecule has 0 amide bonds. The number of nitrogens with one attached hydrogen (secondary N) is 1. The molecule has 0 saturated heterocycles. The van der Waals surface area contributed by atoms with Crippen LogP contribution in [0.3, 0.4) is 0 Å². The lowest BCUT2D eigenvalue weighted by atomic mass is 10.1. The summed E-state index contributed by atoms with van der Waals surface area (Å²) in [5.74, 6) is 0.553. The molecular weight excluding hydrogens is 202 g/mol. The Hall–Kier alpha value is -2.23. The van der Waals surface area contributed by atoms with Crippen molar-refractivity contribution in [1.29, 1.82) is 0 Å². The number of hydrogen-bond donors (Lipinski definition) is 1. The van der Waals surface area contributed by atoms with Gasteiger partial charge in [-0.1, -0.05) is 18.2 Å². The average Bonchev–Trinajstić information content (AvgIpc) is 2.73. The first-order valence-electron chi connectivity index (χ1n) is 5.06. The third kappa shape index (κ3) is 1.35. The van der Waals surface area contributed by atoms with Gasteiger partial charge in [0.15, 0.2) is 11.6 Å². The molecule has 1 aliphatic heterocycles. The number of H-pyrrole nitrogens is 1. The lowest BCUT2D eigenvalue weighted by Gasteiger charge is -2.02. The molecule has 1 aromatic heterocycles. The summed E-state index contributed by atoms with van der Waals surface area (Å²) in [6, 6.07) is 7.67. The van der Waals surface area contributed by atoms with Crippen LogP contribution in [0.1, 0.15) is 12.2 Å². The van der Waals surface area contributed by atoms with Crippen molar-refractivity contribution in [2.45, 2.75) is 6.42 Å². The highest BCUT2D eigenvalue weighted by atomic mass is 16.1. The van der Waals surface area contributed by atoms with E-state index < -0.39 is 0 Å². The van der Waals surface area contributed by atoms with Gasteiger partial charge in [-0.3, -0.25) is 4.79 Å². The highest BCUT2D eigenvalue weighted by molar-refractivity contribution is 6.46. The summed E-state index contributed by atoms with van der Waals surface area (Å²) in [5.41, 5.74) is 2.18. The molecule has 0 unspecified atom stereocenters. The van der Waals surface area contributed by atoms with Crippen LogP contribution in [0.25, 0.3) is 11.0 Å². The first kappa shape index (κ1) is 9.03. The molecule has 78 valence electrons. The van der Waals surface area contributed by atoms with Crippen LogP contribution in [-0.4, -0.2) is 21.5 Å². The summed E-state index contributed by atoms with van der Waals surface area (Å²) < 4.78 is 0. The number of rotatable bonds is 1. The number of para-hydroxylation sites is 2. The predicted octanol–water partition coefficient (Wildman–Crippen LogP) is 1.84. The lowest BCUT2D eigenvalue weighted by molar-refractivity contribution is -0.112. The second kappa shape index (κ2) is 3.41. The zero-order valence-electron chi connectivity index (χ0n) is 8.47. The normalized spacial score (nSPS) is 15.5. The second-order valence-corrected chi connectivity index (χ2v) is 3.59. The van der Waals surface area contributed by atoms with Crippen molar-refractivity contribution in [3.8, 4) is 0 Å². The molecule has 1 aliphatic rings. The maximum atomic E-state index is 11.6. The molecule has 0 bridgehead atoms. The van der Waals surface area contributed by atoms with Gasteiger partial charge in [0.2, 0.25) is 0 Å². The number of fused-ring (bicyclic) bond motifs is 1. The van der Waals surface area contributed by atoms with E-state index in [2.05, 4.69) is 15.0 Å². The van der Waals surface area contributed by atoms with E-state index in [9.17, 15) is 4.79 Å². The van der Waals surface area contributed by atoms with E-state index in [4.69, 9.17) is 0 Å². The number of imidazole rings is 1. The first-order valence-corrected chi connectivity index (χ1v) is 5.06.